The molecule has 0 saturated heterocycles. The lowest BCUT2D eigenvalue weighted by molar-refractivity contribution is -0.110. The molecule has 0 spiro atoms. The summed E-state index contributed by atoms with van der Waals surface area (Å²) in [6.07, 6.45) is 0. The summed E-state index contributed by atoms with van der Waals surface area (Å²) in [4.78, 5) is 13.5. The Morgan fingerprint density at radius 1 is 1.71 bits per heavy atom. The number of nitrogens with zero attached hydrogens (tertiary/aromatic N) is 1. The fourth-order valence-electron chi connectivity index (χ4n) is 0.157. The van der Waals surface area contributed by atoms with E-state index in [0.717, 1.165) is 0 Å². The molecule has 0 rings (SSSR count). The van der Waals surface area contributed by atoms with Crippen molar-refractivity contribution in [2.75, 3.05) is 7.05 Å². The van der Waals surface area contributed by atoms with Crippen molar-refractivity contribution >= 4 is 22.6 Å². The molecule has 0 atom stereocenters. The number of Topliss-reactive ketones (excluding diaryl/α,β-unsaturated/α-hetero) is 1. The number of hydrogen-bond donors (Lipinski definition) is 0. The SMILES string of the molecule is CN=C(Cl)C(C)=O. The molecule has 0 heterocycles. The third-order valence-corrected chi connectivity index (χ3v) is 0.922. The Balaban J connectivity index is 3.82. The van der Waals surface area contributed by atoms with Crippen molar-refractivity contribution in [2.24, 2.45) is 4.99 Å². The predicted octanol–water partition coefficient (Wildman–Crippen LogP) is 0.843. The van der Waals surface area contributed by atoms with Crippen LogP contribution in [0.2, 0.25) is 0 Å². The molecule has 0 radical (unpaired) electrons. The monoisotopic (exact) mass is 119 g/mol. The molecule has 0 saturated carbocycles. The van der Waals surface area contributed by atoms with Gasteiger partial charge in [-0.15, -0.1) is 0 Å². The van der Waals surface area contributed by atoms with Gasteiger partial charge in [-0.25, -0.2) is 0 Å². The second-order valence-corrected chi connectivity index (χ2v) is 1.43. The van der Waals surface area contributed by atoms with Gasteiger partial charge in [0.2, 0.25) is 0 Å². The fraction of sp³-hybridized carbons (Fsp3) is 0.500. The van der Waals surface area contributed by atoms with Gasteiger partial charge in [0.05, 0.1) is 0 Å². The number of rotatable bonds is 1. The van der Waals surface area contributed by atoms with Gasteiger partial charge in [-0.05, 0) is 0 Å². The number of halogens is 1. The molecule has 0 unspecified atom stereocenters. The lowest BCUT2D eigenvalue weighted by Crippen LogP contribution is -1.99. The minimum Gasteiger partial charge on any atom is -0.292 e. The molecular weight excluding hydrogens is 114 g/mol. The summed E-state index contributed by atoms with van der Waals surface area (Å²) >= 11 is 5.20. The lowest BCUT2D eigenvalue weighted by Gasteiger charge is -1.81. The molecule has 0 amide bonds. The molecule has 40 valence electrons. The average molecular weight is 120 g/mol. The van der Waals surface area contributed by atoms with E-state index in [-0.39, 0.29) is 11.0 Å². The van der Waals surface area contributed by atoms with Gasteiger partial charge >= 0.3 is 0 Å². The van der Waals surface area contributed by atoms with E-state index in [4.69, 9.17) is 11.6 Å². The van der Waals surface area contributed by atoms with Crippen LogP contribution in [-0.2, 0) is 4.79 Å². The van der Waals surface area contributed by atoms with Crippen LogP contribution in [0.4, 0.5) is 0 Å². The predicted molar refractivity (Wildman–Crippen MR) is 29.9 cm³/mol. The third-order valence-electron chi connectivity index (χ3n) is 0.487. The van der Waals surface area contributed by atoms with Gasteiger partial charge < -0.3 is 0 Å². The van der Waals surface area contributed by atoms with Gasteiger partial charge in [0.25, 0.3) is 0 Å². The maximum Gasteiger partial charge on any atom is 0.189 e. The summed E-state index contributed by atoms with van der Waals surface area (Å²) in [6, 6.07) is 0. The van der Waals surface area contributed by atoms with Gasteiger partial charge in [0.15, 0.2) is 11.0 Å². The molecule has 3 heteroatoms. The topological polar surface area (TPSA) is 29.4 Å². The Labute approximate surface area is 47.2 Å². The van der Waals surface area contributed by atoms with Crippen LogP contribution in [0.3, 0.4) is 0 Å². The van der Waals surface area contributed by atoms with Crippen LogP contribution in [0, 0.1) is 0 Å². The summed E-state index contributed by atoms with van der Waals surface area (Å²) in [7, 11) is 1.48. The molecule has 0 aromatic rings. The van der Waals surface area contributed by atoms with Crippen LogP contribution in [0.5, 0.6) is 0 Å². The van der Waals surface area contributed by atoms with E-state index in [0.29, 0.717) is 0 Å². The highest BCUT2D eigenvalue weighted by Gasteiger charge is 1.95. The first kappa shape index (κ1) is 6.63. The van der Waals surface area contributed by atoms with E-state index in [2.05, 4.69) is 4.99 Å². The van der Waals surface area contributed by atoms with Crippen molar-refractivity contribution in [3.8, 4) is 0 Å². The van der Waals surface area contributed by atoms with E-state index in [1.807, 2.05) is 0 Å². The van der Waals surface area contributed by atoms with Crippen molar-refractivity contribution in [1.82, 2.24) is 0 Å². The first-order valence-electron chi connectivity index (χ1n) is 1.81. The van der Waals surface area contributed by atoms with E-state index in [1.165, 1.54) is 14.0 Å². The van der Waals surface area contributed by atoms with E-state index < -0.39 is 0 Å². The van der Waals surface area contributed by atoms with Crippen molar-refractivity contribution in [3.63, 3.8) is 0 Å². The first-order valence-corrected chi connectivity index (χ1v) is 2.19. The van der Waals surface area contributed by atoms with Gasteiger partial charge in [0, 0.05) is 14.0 Å². The minimum atomic E-state index is -0.191. The molecular formula is C4H6ClNO. The van der Waals surface area contributed by atoms with Crippen molar-refractivity contribution < 1.29 is 4.79 Å². The summed E-state index contributed by atoms with van der Waals surface area (Å²) in [6.45, 7) is 1.37. The van der Waals surface area contributed by atoms with Crippen molar-refractivity contribution in [3.05, 3.63) is 0 Å². The Morgan fingerprint density at radius 3 is 2.14 bits per heavy atom. The van der Waals surface area contributed by atoms with E-state index >= 15 is 0 Å². The second kappa shape index (κ2) is 2.75. The first-order chi connectivity index (χ1) is 3.18. The highest BCUT2D eigenvalue weighted by atomic mass is 35.5. The molecule has 0 aliphatic rings. The Kier molecular flexibility index (Phi) is 2.60. The van der Waals surface area contributed by atoms with Gasteiger partial charge in [-0.2, -0.15) is 0 Å². The molecule has 0 aliphatic carbocycles. The largest absolute Gasteiger partial charge is 0.292 e. The third kappa shape index (κ3) is 2.34. The number of aliphatic imine (C=N–C) groups is 1. The number of ketones is 1. The minimum absolute atomic E-state index is 0.0556. The zero-order chi connectivity index (χ0) is 5.86. The van der Waals surface area contributed by atoms with Gasteiger partial charge in [-0.3, -0.25) is 9.79 Å². The summed E-state index contributed by atoms with van der Waals surface area (Å²) in [5.74, 6) is -0.191. The number of hydrogen-bond acceptors (Lipinski definition) is 2. The summed E-state index contributed by atoms with van der Waals surface area (Å²) in [5, 5.41) is 0.0556. The van der Waals surface area contributed by atoms with Crippen molar-refractivity contribution in [1.29, 1.82) is 0 Å². The second-order valence-electron chi connectivity index (χ2n) is 1.07. The van der Waals surface area contributed by atoms with Crippen LogP contribution >= 0.6 is 11.6 Å². The Hall–Kier alpha value is -0.370. The van der Waals surface area contributed by atoms with Crippen LogP contribution in [0.1, 0.15) is 6.92 Å². The number of carbonyl (C=O) groups excluding carboxylic acids is 1. The maximum atomic E-state index is 10.1. The fourth-order valence-corrected chi connectivity index (χ4v) is 0.157. The zero-order valence-corrected chi connectivity index (χ0v) is 4.99. The molecule has 0 fully saturated rings. The Morgan fingerprint density at radius 2 is 2.14 bits per heavy atom. The van der Waals surface area contributed by atoms with E-state index in [9.17, 15) is 4.79 Å². The van der Waals surface area contributed by atoms with Crippen LogP contribution < -0.4 is 0 Å². The standard InChI is InChI=1S/C4H6ClNO/c1-3(7)4(5)6-2/h1-2H3. The quantitative estimate of drug-likeness (QED) is 0.471. The van der Waals surface area contributed by atoms with Gasteiger partial charge in [-0.1, -0.05) is 11.6 Å². The Bertz CT molecular complexity index is 108. The molecule has 0 N–H and O–H groups in total. The van der Waals surface area contributed by atoms with Crippen LogP contribution in [0.25, 0.3) is 0 Å². The van der Waals surface area contributed by atoms with Crippen LogP contribution in [-0.4, -0.2) is 18.0 Å². The highest BCUT2D eigenvalue weighted by Crippen LogP contribution is 1.83. The van der Waals surface area contributed by atoms with Gasteiger partial charge in [0.1, 0.15) is 0 Å². The molecule has 0 aromatic heterocycles. The summed E-state index contributed by atoms with van der Waals surface area (Å²) in [5.41, 5.74) is 0. The molecule has 0 aromatic carbocycles. The number of carbonyl (C=O) groups is 1. The van der Waals surface area contributed by atoms with Crippen LogP contribution in [0.15, 0.2) is 4.99 Å². The molecule has 2 nitrogen and oxygen atoms in total. The lowest BCUT2D eigenvalue weighted by atomic mass is 10.5. The van der Waals surface area contributed by atoms with Crippen molar-refractivity contribution in [2.45, 2.75) is 6.92 Å². The van der Waals surface area contributed by atoms with E-state index in [1.54, 1.807) is 0 Å². The highest BCUT2D eigenvalue weighted by molar-refractivity contribution is 6.82. The molecule has 0 aliphatic heterocycles. The normalized spacial score (nSPS) is 11.6. The summed E-state index contributed by atoms with van der Waals surface area (Å²) < 4.78 is 0. The molecule has 0 bridgehead atoms. The maximum absolute atomic E-state index is 10.1. The zero-order valence-electron chi connectivity index (χ0n) is 4.23. The smallest absolute Gasteiger partial charge is 0.189 e. The molecule has 7 heavy (non-hydrogen) atoms. The average Bonchev–Trinajstić information content (AvgIpc) is 1.65.